The first-order chi connectivity index (χ1) is 8.90. The maximum absolute atomic E-state index is 10.8. The number of aromatic carboxylic acids is 1. The number of carbonyl (C=O) groups is 1. The first-order valence-electron chi connectivity index (χ1n) is 5.08. The molecule has 0 aliphatic rings. The Morgan fingerprint density at radius 3 is 1.95 bits per heavy atom. The first-order valence-corrected chi connectivity index (χ1v) is 6.59. The van der Waals surface area contributed by atoms with Crippen LogP contribution in [0.2, 0.25) is 20.1 Å². The van der Waals surface area contributed by atoms with Crippen molar-refractivity contribution in [2.24, 2.45) is 0 Å². The van der Waals surface area contributed by atoms with Crippen molar-refractivity contribution in [1.82, 2.24) is 0 Å². The summed E-state index contributed by atoms with van der Waals surface area (Å²) in [6, 6.07) is 7.49. The number of carboxylic acid groups (broad SMARTS) is 1. The van der Waals surface area contributed by atoms with Crippen molar-refractivity contribution in [3.05, 3.63) is 56.0 Å². The molecule has 98 valence electrons. The second-order valence-corrected chi connectivity index (χ2v) is 5.37. The molecule has 0 atom stereocenters. The molecule has 0 aliphatic heterocycles. The Labute approximate surface area is 129 Å². The van der Waals surface area contributed by atoms with Crippen LogP contribution in [0.25, 0.3) is 11.1 Å². The van der Waals surface area contributed by atoms with E-state index in [0.717, 1.165) is 0 Å². The van der Waals surface area contributed by atoms with Crippen LogP contribution in [-0.2, 0) is 0 Å². The van der Waals surface area contributed by atoms with Crippen LogP contribution >= 0.6 is 46.4 Å². The van der Waals surface area contributed by atoms with E-state index >= 15 is 0 Å². The summed E-state index contributed by atoms with van der Waals surface area (Å²) in [5, 5.41) is 10.2. The van der Waals surface area contributed by atoms with Crippen molar-refractivity contribution in [3.63, 3.8) is 0 Å². The fraction of sp³-hybridized carbons (Fsp3) is 0. The Kier molecular flexibility index (Phi) is 4.26. The summed E-state index contributed by atoms with van der Waals surface area (Å²) >= 11 is 24.0. The molecule has 2 nitrogen and oxygen atoms in total. The third-order valence-corrected chi connectivity index (χ3v) is 3.86. The summed E-state index contributed by atoms with van der Waals surface area (Å²) in [5.41, 5.74) is 1.29. The first kappa shape index (κ1) is 14.5. The second-order valence-electron chi connectivity index (χ2n) is 3.75. The minimum absolute atomic E-state index is 0.102. The van der Waals surface area contributed by atoms with Crippen LogP contribution in [0, 0.1) is 0 Å². The normalized spacial score (nSPS) is 10.5. The Morgan fingerprint density at radius 1 is 0.789 bits per heavy atom. The highest BCUT2D eigenvalue weighted by atomic mass is 35.5. The van der Waals surface area contributed by atoms with Crippen LogP contribution < -0.4 is 0 Å². The van der Waals surface area contributed by atoms with Crippen molar-refractivity contribution >= 4 is 52.4 Å². The topological polar surface area (TPSA) is 37.3 Å². The van der Waals surface area contributed by atoms with Crippen LogP contribution in [0.1, 0.15) is 10.4 Å². The molecule has 0 saturated carbocycles. The van der Waals surface area contributed by atoms with Crippen molar-refractivity contribution < 1.29 is 9.90 Å². The zero-order valence-corrected chi connectivity index (χ0v) is 12.3. The standard InChI is InChI=1S/C13H6Cl4O2/c14-9-3-6(13(18)19)1-2-7(9)8-4-11(16)12(17)5-10(8)15/h1-5H,(H,18,19). The summed E-state index contributed by atoms with van der Waals surface area (Å²) in [5.74, 6) is -1.05. The summed E-state index contributed by atoms with van der Waals surface area (Å²) in [4.78, 5) is 10.8. The molecule has 19 heavy (non-hydrogen) atoms. The second kappa shape index (κ2) is 5.59. The fourth-order valence-corrected chi connectivity index (χ4v) is 2.53. The SMILES string of the molecule is O=C(O)c1ccc(-c2cc(Cl)c(Cl)cc2Cl)c(Cl)c1. The number of rotatable bonds is 2. The molecule has 0 radical (unpaired) electrons. The van der Waals surface area contributed by atoms with Gasteiger partial charge in [-0.3, -0.25) is 0 Å². The monoisotopic (exact) mass is 334 g/mol. The lowest BCUT2D eigenvalue weighted by Crippen LogP contribution is -1.96. The van der Waals surface area contributed by atoms with Crippen LogP contribution in [-0.4, -0.2) is 11.1 Å². The molecule has 0 fully saturated rings. The molecule has 2 aromatic rings. The molecule has 0 aromatic heterocycles. The number of halogens is 4. The molecule has 0 heterocycles. The van der Waals surface area contributed by atoms with Gasteiger partial charge in [-0.25, -0.2) is 4.79 Å². The van der Waals surface area contributed by atoms with Crippen LogP contribution in [0.5, 0.6) is 0 Å². The van der Waals surface area contributed by atoms with Gasteiger partial charge in [0.1, 0.15) is 0 Å². The van der Waals surface area contributed by atoms with Crippen molar-refractivity contribution in [2.75, 3.05) is 0 Å². The lowest BCUT2D eigenvalue weighted by Gasteiger charge is -2.09. The van der Waals surface area contributed by atoms with Gasteiger partial charge in [0, 0.05) is 16.1 Å². The van der Waals surface area contributed by atoms with E-state index < -0.39 is 5.97 Å². The molecule has 0 bridgehead atoms. The molecular formula is C13H6Cl4O2. The minimum atomic E-state index is -1.05. The molecule has 0 saturated heterocycles. The van der Waals surface area contributed by atoms with E-state index in [0.29, 0.717) is 26.2 Å². The van der Waals surface area contributed by atoms with E-state index in [2.05, 4.69) is 0 Å². The van der Waals surface area contributed by atoms with Gasteiger partial charge in [-0.1, -0.05) is 52.5 Å². The number of hydrogen-bond donors (Lipinski definition) is 1. The van der Waals surface area contributed by atoms with Crippen LogP contribution in [0.15, 0.2) is 30.3 Å². The van der Waals surface area contributed by atoms with Gasteiger partial charge >= 0.3 is 5.97 Å². The van der Waals surface area contributed by atoms with Crippen LogP contribution in [0.4, 0.5) is 0 Å². The Hall–Kier alpha value is -0.930. The van der Waals surface area contributed by atoms with E-state index in [1.807, 2.05) is 0 Å². The molecule has 0 unspecified atom stereocenters. The molecule has 0 amide bonds. The Morgan fingerprint density at radius 2 is 1.37 bits per heavy atom. The summed E-state index contributed by atoms with van der Waals surface area (Å²) in [7, 11) is 0. The van der Waals surface area contributed by atoms with Crippen molar-refractivity contribution in [3.8, 4) is 11.1 Å². The summed E-state index contributed by atoms with van der Waals surface area (Å²) in [6.07, 6.45) is 0. The van der Waals surface area contributed by atoms with Crippen molar-refractivity contribution in [1.29, 1.82) is 0 Å². The molecule has 0 aliphatic carbocycles. The highest BCUT2D eigenvalue weighted by Crippen LogP contribution is 2.38. The number of carboxylic acids is 1. The maximum atomic E-state index is 10.8. The molecule has 2 rings (SSSR count). The zero-order chi connectivity index (χ0) is 14.2. The van der Waals surface area contributed by atoms with Gasteiger partial charge in [-0.05, 0) is 24.3 Å². The van der Waals surface area contributed by atoms with E-state index in [1.54, 1.807) is 12.1 Å². The number of hydrogen-bond acceptors (Lipinski definition) is 1. The summed E-state index contributed by atoms with van der Waals surface area (Å²) < 4.78 is 0. The highest BCUT2D eigenvalue weighted by Gasteiger charge is 2.13. The van der Waals surface area contributed by atoms with E-state index in [4.69, 9.17) is 51.5 Å². The average molecular weight is 336 g/mol. The molecular weight excluding hydrogens is 330 g/mol. The van der Waals surface area contributed by atoms with Gasteiger partial charge in [0.2, 0.25) is 0 Å². The van der Waals surface area contributed by atoms with Gasteiger partial charge in [0.25, 0.3) is 0 Å². The third-order valence-electron chi connectivity index (χ3n) is 2.52. The van der Waals surface area contributed by atoms with Crippen molar-refractivity contribution in [2.45, 2.75) is 0 Å². The lowest BCUT2D eigenvalue weighted by molar-refractivity contribution is 0.0697. The van der Waals surface area contributed by atoms with Gasteiger partial charge in [-0.2, -0.15) is 0 Å². The van der Waals surface area contributed by atoms with E-state index in [-0.39, 0.29) is 10.6 Å². The predicted molar refractivity (Wildman–Crippen MR) is 78.9 cm³/mol. The van der Waals surface area contributed by atoms with E-state index in [9.17, 15) is 4.79 Å². The largest absolute Gasteiger partial charge is 0.478 e. The Bertz CT molecular complexity index is 668. The minimum Gasteiger partial charge on any atom is -0.478 e. The molecule has 6 heteroatoms. The van der Waals surface area contributed by atoms with Gasteiger partial charge < -0.3 is 5.11 Å². The average Bonchev–Trinajstić information content (AvgIpc) is 2.34. The summed E-state index contributed by atoms with van der Waals surface area (Å²) in [6.45, 7) is 0. The zero-order valence-electron chi connectivity index (χ0n) is 9.25. The van der Waals surface area contributed by atoms with E-state index in [1.165, 1.54) is 18.2 Å². The number of benzene rings is 2. The van der Waals surface area contributed by atoms with Crippen LogP contribution in [0.3, 0.4) is 0 Å². The smallest absolute Gasteiger partial charge is 0.335 e. The molecule has 1 N–H and O–H groups in total. The lowest BCUT2D eigenvalue weighted by atomic mass is 10.0. The molecule has 0 spiro atoms. The fourth-order valence-electron chi connectivity index (χ4n) is 1.60. The van der Waals surface area contributed by atoms with Gasteiger partial charge in [0.15, 0.2) is 0 Å². The quantitative estimate of drug-likeness (QED) is 0.718. The highest BCUT2D eigenvalue weighted by molar-refractivity contribution is 6.44. The molecule has 2 aromatic carbocycles. The predicted octanol–water partition coefficient (Wildman–Crippen LogP) is 5.67. The van der Waals surface area contributed by atoms with Gasteiger partial charge in [0.05, 0.1) is 20.6 Å². The Balaban J connectivity index is 2.59. The maximum Gasteiger partial charge on any atom is 0.335 e. The third kappa shape index (κ3) is 2.98. The van der Waals surface area contributed by atoms with Gasteiger partial charge in [-0.15, -0.1) is 0 Å².